The lowest BCUT2D eigenvalue weighted by atomic mass is 9.99. The van der Waals surface area contributed by atoms with Gasteiger partial charge in [0.25, 0.3) is 0 Å². The summed E-state index contributed by atoms with van der Waals surface area (Å²) in [5.41, 5.74) is 11.7. The van der Waals surface area contributed by atoms with E-state index in [1.165, 1.54) is 0 Å². The van der Waals surface area contributed by atoms with Crippen molar-refractivity contribution in [2.75, 3.05) is 6.61 Å². The Hall–Kier alpha value is -4.30. The van der Waals surface area contributed by atoms with Crippen LogP contribution in [0, 0.1) is 0 Å². The molecule has 8 heteroatoms. The fourth-order valence-corrected chi connectivity index (χ4v) is 4.44. The third-order valence-corrected chi connectivity index (χ3v) is 6.34. The Labute approximate surface area is 240 Å². The third-order valence-electron chi connectivity index (χ3n) is 6.34. The predicted molar refractivity (Wildman–Crippen MR) is 158 cm³/mol. The number of fused-ring (bicyclic) bond motifs is 1. The molecule has 1 aromatic heterocycles. The highest BCUT2D eigenvalue weighted by molar-refractivity contribution is 5.93. The second-order valence-corrected chi connectivity index (χ2v) is 11.0. The van der Waals surface area contributed by atoms with Gasteiger partial charge < -0.3 is 29.7 Å². The first-order valence-electron chi connectivity index (χ1n) is 13.8. The largest absolute Gasteiger partial charge is 0.489 e. The molecule has 8 nitrogen and oxygen atoms in total. The Bertz CT molecular complexity index is 1520. The lowest BCUT2D eigenvalue weighted by molar-refractivity contribution is -0.142. The van der Waals surface area contributed by atoms with Crippen LogP contribution in [0.1, 0.15) is 62.9 Å². The first-order valence-corrected chi connectivity index (χ1v) is 13.8. The summed E-state index contributed by atoms with van der Waals surface area (Å²) in [6.07, 6.45) is 1.31. The minimum atomic E-state index is -0.567. The summed E-state index contributed by atoms with van der Waals surface area (Å²) in [5, 5.41) is 3.75. The molecule has 0 radical (unpaired) electrons. The Morgan fingerprint density at radius 2 is 1.83 bits per heavy atom. The first-order chi connectivity index (χ1) is 19.5. The highest BCUT2D eigenvalue weighted by atomic mass is 16.6. The minimum absolute atomic E-state index is 0.110. The zero-order valence-electron chi connectivity index (χ0n) is 24.3. The number of amides is 1. The standard InChI is InChI=1S/C33H38N2O6/c1-6-38-30(36)18-26-11-10-24(21(2)34)17-29(26)40-20-23-15-27-12-13-39-31(27)28(16-23)25-9-7-8-22(14-25)19-35-32(37)41-33(3,4)5/h7-17,21H,6,18-20,34H2,1-5H3,(H,35,37). The normalized spacial score (nSPS) is 12.1. The van der Waals surface area contributed by atoms with Gasteiger partial charge in [0, 0.05) is 29.1 Å². The predicted octanol–water partition coefficient (Wildman–Crippen LogP) is 6.83. The van der Waals surface area contributed by atoms with Crippen LogP contribution in [0.5, 0.6) is 5.75 Å². The van der Waals surface area contributed by atoms with Crippen molar-refractivity contribution < 1.29 is 28.2 Å². The fourth-order valence-electron chi connectivity index (χ4n) is 4.44. The molecule has 0 saturated heterocycles. The number of carbonyl (C=O) groups is 2. The van der Waals surface area contributed by atoms with Gasteiger partial charge in [-0.15, -0.1) is 0 Å². The SMILES string of the molecule is CCOC(=O)Cc1ccc(C(C)N)cc1OCc1cc(-c2cccc(CNC(=O)OC(C)(C)C)c2)c2occc2c1. The zero-order chi connectivity index (χ0) is 29.6. The Kier molecular flexibility index (Phi) is 9.35. The molecule has 0 saturated carbocycles. The van der Waals surface area contributed by atoms with Gasteiger partial charge in [-0.2, -0.15) is 0 Å². The quantitative estimate of drug-likeness (QED) is 0.205. The highest BCUT2D eigenvalue weighted by Gasteiger charge is 2.17. The molecule has 1 unspecified atom stereocenters. The summed E-state index contributed by atoms with van der Waals surface area (Å²) < 4.78 is 22.6. The Balaban J connectivity index is 1.58. The van der Waals surface area contributed by atoms with Crippen LogP contribution in [0.25, 0.3) is 22.1 Å². The summed E-state index contributed by atoms with van der Waals surface area (Å²) in [5.74, 6) is 0.283. The molecule has 0 aliphatic heterocycles. The first kappa shape index (κ1) is 29.7. The number of nitrogens with one attached hydrogen (secondary N) is 1. The second kappa shape index (κ2) is 12.9. The molecule has 216 valence electrons. The number of nitrogens with two attached hydrogens (primary N) is 1. The molecular formula is C33H38N2O6. The Morgan fingerprint density at radius 1 is 1.02 bits per heavy atom. The average molecular weight is 559 g/mol. The molecular weight excluding hydrogens is 520 g/mol. The molecule has 0 bridgehead atoms. The molecule has 0 spiro atoms. The van der Waals surface area contributed by atoms with E-state index in [-0.39, 0.29) is 25.0 Å². The van der Waals surface area contributed by atoms with Gasteiger partial charge in [-0.05, 0) is 87.2 Å². The third kappa shape index (κ3) is 8.11. The van der Waals surface area contributed by atoms with Crippen molar-refractivity contribution >= 4 is 23.0 Å². The van der Waals surface area contributed by atoms with Gasteiger partial charge >= 0.3 is 12.1 Å². The molecule has 0 aliphatic carbocycles. The van der Waals surface area contributed by atoms with E-state index in [9.17, 15) is 9.59 Å². The van der Waals surface area contributed by atoms with Crippen LogP contribution in [-0.4, -0.2) is 24.3 Å². The number of hydrogen-bond acceptors (Lipinski definition) is 7. The van der Waals surface area contributed by atoms with E-state index in [0.29, 0.717) is 18.9 Å². The molecule has 1 heterocycles. The van der Waals surface area contributed by atoms with Crippen LogP contribution in [0.2, 0.25) is 0 Å². The van der Waals surface area contributed by atoms with E-state index in [1.807, 2.05) is 88.4 Å². The lowest BCUT2D eigenvalue weighted by Gasteiger charge is -2.19. The minimum Gasteiger partial charge on any atom is -0.489 e. The van der Waals surface area contributed by atoms with Crippen LogP contribution >= 0.6 is 0 Å². The molecule has 1 atom stereocenters. The maximum Gasteiger partial charge on any atom is 0.407 e. The second-order valence-electron chi connectivity index (χ2n) is 11.0. The number of esters is 1. The van der Waals surface area contributed by atoms with Crippen molar-refractivity contribution in [3.63, 3.8) is 0 Å². The highest BCUT2D eigenvalue weighted by Crippen LogP contribution is 2.33. The van der Waals surface area contributed by atoms with Crippen molar-refractivity contribution in [3.05, 3.63) is 89.2 Å². The smallest absolute Gasteiger partial charge is 0.407 e. The number of furan rings is 1. The van der Waals surface area contributed by atoms with Crippen LogP contribution in [0.15, 0.2) is 71.3 Å². The average Bonchev–Trinajstić information content (AvgIpc) is 3.39. The number of alkyl carbamates (subject to hydrolysis) is 1. The molecule has 1 amide bonds. The summed E-state index contributed by atoms with van der Waals surface area (Å²) >= 11 is 0. The molecule has 41 heavy (non-hydrogen) atoms. The molecule has 0 fully saturated rings. The number of benzene rings is 3. The number of carbonyl (C=O) groups excluding carboxylic acids is 2. The molecule has 3 N–H and O–H groups in total. The molecule has 4 aromatic rings. The zero-order valence-corrected chi connectivity index (χ0v) is 24.3. The Morgan fingerprint density at radius 3 is 2.56 bits per heavy atom. The van der Waals surface area contributed by atoms with Gasteiger partial charge in [0.1, 0.15) is 23.5 Å². The van der Waals surface area contributed by atoms with Gasteiger partial charge in [-0.1, -0.05) is 30.3 Å². The summed E-state index contributed by atoms with van der Waals surface area (Å²) in [4.78, 5) is 24.3. The maximum absolute atomic E-state index is 12.2. The molecule has 3 aromatic carbocycles. The van der Waals surface area contributed by atoms with E-state index >= 15 is 0 Å². The van der Waals surface area contributed by atoms with Crippen LogP contribution in [0.4, 0.5) is 4.79 Å². The van der Waals surface area contributed by atoms with Crippen LogP contribution in [0.3, 0.4) is 0 Å². The van der Waals surface area contributed by atoms with Gasteiger partial charge in [-0.3, -0.25) is 4.79 Å². The van der Waals surface area contributed by atoms with Gasteiger partial charge in [-0.25, -0.2) is 4.79 Å². The van der Waals surface area contributed by atoms with Crippen molar-refractivity contribution in [1.29, 1.82) is 0 Å². The van der Waals surface area contributed by atoms with Crippen molar-refractivity contribution in [3.8, 4) is 16.9 Å². The number of hydrogen-bond donors (Lipinski definition) is 2. The van der Waals surface area contributed by atoms with Gasteiger partial charge in [0.15, 0.2) is 0 Å². The van der Waals surface area contributed by atoms with E-state index < -0.39 is 11.7 Å². The van der Waals surface area contributed by atoms with E-state index in [1.54, 1.807) is 13.2 Å². The molecule has 0 aliphatic rings. The number of ether oxygens (including phenoxy) is 3. The number of rotatable bonds is 10. The fraction of sp³-hybridized carbons (Fsp3) is 0.333. The van der Waals surface area contributed by atoms with Crippen molar-refractivity contribution in [1.82, 2.24) is 5.32 Å². The lowest BCUT2D eigenvalue weighted by Crippen LogP contribution is -2.32. The monoisotopic (exact) mass is 558 g/mol. The van der Waals surface area contributed by atoms with E-state index in [0.717, 1.165) is 44.3 Å². The van der Waals surface area contributed by atoms with Crippen LogP contribution in [-0.2, 0) is 33.8 Å². The summed E-state index contributed by atoms with van der Waals surface area (Å²) in [6, 6.07) is 19.4. The van der Waals surface area contributed by atoms with Crippen molar-refractivity contribution in [2.45, 2.75) is 65.8 Å². The molecule has 4 rings (SSSR count). The van der Waals surface area contributed by atoms with Crippen LogP contribution < -0.4 is 15.8 Å². The van der Waals surface area contributed by atoms with Gasteiger partial charge in [0.2, 0.25) is 0 Å². The van der Waals surface area contributed by atoms with E-state index in [2.05, 4.69) is 5.32 Å². The van der Waals surface area contributed by atoms with Crippen molar-refractivity contribution in [2.24, 2.45) is 5.73 Å². The van der Waals surface area contributed by atoms with Gasteiger partial charge in [0.05, 0.1) is 19.3 Å². The maximum atomic E-state index is 12.2. The summed E-state index contributed by atoms with van der Waals surface area (Å²) in [7, 11) is 0. The summed E-state index contributed by atoms with van der Waals surface area (Å²) in [6.45, 7) is 10.1. The van der Waals surface area contributed by atoms with E-state index in [4.69, 9.17) is 24.4 Å². The topological polar surface area (TPSA) is 113 Å².